The number of likely N-dealkylation sites (N-methyl/N-ethyl adjacent to an activating group) is 1. The lowest BCUT2D eigenvalue weighted by molar-refractivity contribution is -0.124. The minimum atomic E-state index is -0.491. The van der Waals surface area contributed by atoms with Crippen LogP contribution in [-0.2, 0) is 9.59 Å². The van der Waals surface area contributed by atoms with Gasteiger partial charge < -0.3 is 14.5 Å². The number of carbonyl (C=O) groups excluding carboxylic acids is 2. The molecule has 0 aliphatic carbocycles. The minimum absolute atomic E-state index is 0.112. The van der Waals surface area contributed by atoms with Crippen molar-refractivity contribution in [2.45, 2.75) is 27.2 Å². The summed E-state index contributed by atoms with van der Waals surface area (Å²) < 4.78 is 19.9. The molecule has 1 unspecified atom stereocenters. The van der Waals surface area contributed by atoms with E-state index in [2.05, 4.69) is 18.7 Å². The highest BCUT2D eigenvalue weighted by Crippen LogP contribution is 2.34. The highest BCUT2D eigenvalue weighted by Gasteiger charge is 2.38. The number of aromatic nitrogens is 1. The van der Waals surface area contributed by atoms with E-state index in [1.165, 1.54) is 23.5 Å². The lowest BCUT2D eigenvalue weighted by atomic mass is 10.1. The van der Waals surface area contributed by atoms with Crippen LogP contribution in [0.1, 0.15) is 27.2 Å². The molecule has 2 aromatic carbocycles. The summed E-state index contributed by atoms with van der Waals surface area (Å²) in [5.74, 6) is -0.328. The number of carbonyl (C=O) groups is 2. The fourth-order valence-corrected chi connectivity index (χ4v) is 5.34. The maximum Gasteiger partial charge on any atom is 0.234 e. The summed E-state index contributed by atoms with van der Waals surface area (Å²) in [5.41, 5.74) is 1.41. The number of anilines is 2. The Kier molecular flexibility index (Phi) is 7.97. The maximum atomic E-state index is 13.8. The van der Waals surface area contributed by atoms with Gasteiger partial charge in [-0.1, -0.05) is 25.2 Å². The zero-order valence-electron chi connectivity index (χ0n) is 20.4. The fraction of sp³-hybridized carbons (Fsp3) is 0.423. The van der Waals surface area contributed by atoms with Crippen LogP contribution in [0.3, 0.4) is 0 Å². The van der Waals surface area contributed by atoms with Crippen LogP contribution in [-0.4, -0.2) is 61.0 Å². The van der Waals surface area contributed by atoms with Gasteiger partial charge >= 0.3 is 0 Å². The highest BCUT2D eigenvalue weighted by molar-refractivity contribution is 7.22. The number of halogens is 1. The van der Waals surface area contributed by atoms with Crippen molar-refractivity contribution in [2.75, 3.05) is 49.1 Å². The number of ether oxygens (including phenoxy) is 1. The number of fused-ring (bicyclic) bond motifs is 1. The van der Waals surface area contributed by atoms with Gasteiger partial charge in [0.05, 0.1) is 22.7 Å². The van der Waals surface area contributed by atoms with Crippen LogP contribution < -0.4 is 14.5 Å². The zero-order chi connectivity index (χ0) is 24.9. The largest absolute Gasteiger partial charge is 0.494 e. The average molecular weight is 499 g/mol. The van der Waals surface area contributed by atoms with Crippen molar-refractivity contribution in [1.29, 1.82) is 0 Å². The van der Waals surface area contributed by atoms with Crippen molar-refractivity contribution < 1.29 is 18.7 Å². The first kappa shape index (κ1) is 25.1. The number of amides is 2. The molecular weight excluding hydrogens is 467 g/mol. The van der Waals surface area contributed by atoms with Crippen LogP contribution in [0.4, 0.5) is 15.2 Å². The number of benzene rings is 2. The van der Waals surface area contributed by atoms with Crippen molar-refractivity contribution in [3.8, 4) is 5.75 Å². The van der Waals surface area contributed by atoms with Crippen LogP contribution in [0.2, 0.25) is 0 Å². The smallest absolute Gasteiger partial charge is 0.234 e. The van der Waals surface area contributed by atoms with E-state index >= 15 is 0 Å². The second kappa shape index (κ2) is 11.1. The Morgan fingerprint density at radius 1 is 1.14 bits per heavy atom. The molecule has 0 spiro atoms. The summed E-state index contributed by atoms with van der Waals surface area (Å²) in [6.07, 6.45) is 0.122. The van der Waals surface area contributed by atoms with E-state index in [0.29, 0.717) is 30.5 Å². The molecule has 35 heavy (non-hydrogen) atoms. The first-order valence-corrected chi connectivity index (χ1v) is 12.9. The zero-order valence-corrected chi connectivity index (χ0v) is 21.2. The Morgan fingerprint density at radius 2 is 1.89 bits per heavy atom. The van der Waals surface area contributed by atoms with Crippen molar-refractivity contribution >= 4 is 44.2 Å². The predicted octanol–water partition coefficient (Wildman–Crippen LogP) is 4.56. The molecule has 1 aromatic heterocycles. The SMILES string of the molecule is CCOc1ccc2nc(N(CCN(CC)CC)C(=O)C3CC(=O)N(c4ccc(F)cc4)C3)sc2c1. The summed E-state index contributed by atoms with van der Waals surface area (Å²) in [6.45, 7) is 9.94. The average Bonchev–Trinajstić information content (AvgIpc) is 3.45. The predicted molar refractivity (Wildman–Crippen MR) is 138 cm³/mol. The first-order chi connectivity index (χ1) is 16.9. The van der Waals surface area contributed by atoms with Crippen molar-refractivity contribution in [2.24, 2.45) is 5.92 Å². The molecule has 0 radical (unpaired) electrons. The van der Waals surface area contributed by atoms with Crippen LogP contribution in [0.25, 0.3) is 10.2 Å². The van der Waals surface area contributed by atoms with Crippen LogP contribution in [0, 0.1) is 11.7 Å². The van der Waals surface area contributed by atoms with E-state index < -0.39 is 5.92 Å². The molecule has 186 valence electrons. The van der Waals surface area contributed by atoms with Gasteiger partial charge in [0.2, 0.25) is 11.8 Å². The molecule has 1 atom stereocenters. The molecular formula is C26H31FN4O3S. The summed E-state index contributed by atoms with van der Waals surface area (Å²) in [6, 6.07) is 11.5. The molecule has 0 bridgehead atoms. The molecule has 3 aromatic rings. The van der Waals surface area contributed by atoms with E-state index in [-0.39, 0.29) is 30.6 Å². The highest BCUT2D eigenvalue weighted by atomic mass is 32.1. The third kappa shape index (κ3) is 5.62. The Hall–Kier alpha value is -3.04. The summed E-state index contributed by atoms with van der Waals surface area (Å²) in [7, 11) is 0. The van der Waals surface area contributed by atoms with Gasteiger partial charge in [0.15, 0.2) is 5.13 Å². The molecule has 0 saturated carbocycles. The third-order valence-electron chi connectivity index (χ3n) is 6.30. The summed E-state index contributed by atoms with van der Waals surface area (Å²) >= 11 is 1.45. The molecule has 9 heteroatoms. The third-order valence-corrected chi connectivity index (χ3v) is 7.34. The van der Waals surface area contributed by atoms with E-state index in [9.17, 15) is 14.0 Å². The number of hydrogen-bond donors (Lipinski definition) is 0. The van der Waals surface area contributed by atoms with E-state index in [0.717, 1.165) is 29.1 Å². The van der Waals surface area contributed by atoms with Gasteiger partial charge in [-0.25, -0.2) is 9.37 Å². The molecule has 0 N–H and O–H groups in total. The standard InChI is InChI=1S/C26H31FN4O3S/c1-4-29(5-2)13-14-30(26-28-22-12-11-21(34-6-3)16-23(22)35-26)25(33)18-15-24(32)31(17-18)20-9-7-19(27)8-10-20/h7-12,16,18H,4-6,13-15,17H2,1-3H3. The molecule has 4 rings (SSSR count). The number of thiazole rings is 1. The number of hydrogen-bond acceptors (Lipinski definition) is 6. The molecule has 1 saturated heterocycles. The van der Waals surface area contributed by atoms with Crippen LogP contribution >= 0.6 is 11.3 Å². The van der Waals surface area contributed by atoms with E-state index in [1.807, 2.05) is 25.1 Å². The topological polar surface area (TPSA) is 66.0 Å². The van der Waals surface area contributed by atoms with Gasteiger partial charge in [0, 0.05) is 31.7 Å². The lowest BCUT2D eigenvalue weighted by Crippen LogP contribution is -2.42. The molecule has 1 aliphatic heterocycles. The van der Waals surface area contributed by atoms with Crippen LogP contribution in [0.5, 0.6) is 5.75 Å². The van der Waals surface area contributed by atoms with Gasteiger partial charge in [0.1, 0.15) is 11.6 Å². The first-order valence-electron chi connectivity index (χ1n) is 12.1. The molecule has 7 nitrogen and oxygen atoms in total. The monoisotopic (exact) mass is 498 g/mol. The molecule has 1 aliphatic rings. The summed E-state index contributed by atoms with van der Waals surface area (Å²) in [5, 5.41) is 0.624. The fourth-order valence-electron chi connectivity index (χ4n) is 4.31. The van der Waals surface area contributed by atoms with Crippen LogP contribution in [0.15, 0.2) is 42.5 Å². The minimum Gasteiger partial charge on any atom is -0.494 e. The maximum absolute atomic E-state index is 13.8. The second-order valence-electron chi connectivity index (χ2n) is 8.46. The molecule has 1 fully saturated rings. The Bertz CT molecular complexity index is 1180. The van der Waals surface area contributed by atoms with Crippen molar-refractivity contribution in [1.82, 2.24) is 9.88 Å². The normalized spacial score (nSPS) is 15.9. The molecule has 2 heterocycles. The van der Waals surface area contributed by atoms with Gasteiger partial charge in [-0.15, -0.1) is 0 Å². The molecule has 2 amide bonds. The lowest BCUT2D eigenvalue weighted by Gasteiger charge is -2.26. The summed E-state index contributed by atoms with van der Waals surface area (Å²) in [4.78, 5) is 36.8. The van der Waals surface area contributed by atoms with E-state index in [1.54, 1.807) is 21.9 Å². The number of nitrogens with zero attached hydrogens (tertiary/aromatic N) is 4. The van der Waals surface area contributed by atoms with Gasteiger partial charge in [-0.3, -0.25) is 14.5 Å². The Morgan fingerprint density at radius 3 is 2.57 bits per heavy atom. The van der Waals surface area contributed by atoms with Crippen molar-refractivity contribution in [3.63, 3.8) is 0 Å². The van der Waals surface area contributed by atoms with Gasteiger partial charge in [0.25, 0.3) is 0 Å². The van der Waals surface area contributed by atoms with Crippen molar-refractivity contribution in [3.05, 3.63) is 48.3 Å². The Balaban J connectivity index is 1.59. The number of rotatable bonds is 10. The van der Waals surface area contributed by atoms with Gasteiger partial charge in [-0.05, 0) is 62.5 Å². The van der Waals surface area contributed by atoms with E-state index in [4.69, 9.17) is 9.72 Å². The second-order valence-corrected chi connectivity index (χ2v) is 9.47. The Labute approximate surface area is 209 Å². The van der Waals surface area contributed by atoms with Gasteiger partial charge in [-0.2, -0.15) is 0 Å². The quantitative estimate of drug-likeness (QED) is 0.410.